The van der Waals surface area contributed by atoms with Crippen LogP contribution in [0, 0.1) is 11.7 Å². The maximum atomic E-state index is 13.1. The van der Waals surface area contributed by atoms with Crippen molar-refractivity contribution in [1.29, 1.82) is 0 Å². The van der Waals surface area contributed by atoms with E-state index in [0.29, 0.717) is 29.9 Å². The Hall–Kier alpha value is -3.00. The summed E-state index contributed by atoms with van der Waals surface area (Å²) in [6.07, 6.45) is 0.652. The maximum absolute atomic E-state index is 13.1. The van der Waals surface area contributed by atoms with Crippen LogP contribution in [0.5, 0.6) is 0 Å². The molecule has 2 heterocycles. The van der Waals surface area contributed by atoms with E-state index < -0.39 is 11.3 Å². The first-order chi connectivity index (χ1) is 15.3. The number of amidine groups is 2. The third-order valence-electron chi connectivity index (χ3n) is 5.33. The molecule has 2 aromatic rings. The number of amides is 2. The van der Waals surface area contributed by atoms with Gasteiger partial charge in [0.25, 0.3) is 5.91 Å². The van der Waals surface area contributed by atoms with Gasteiger partial charge in [-0.1, -0.05) is 49.9 Å². The molecule has 2 aliphatic rings. The first-order valence-corrected chi connectivity index (χ1v) is 11.5. The van der Waals surface area contributed by atoms with Gasteiger partial charge in [0.05, 0.1) is 10.9 Å². The molecular formula is C24H25FN4O2S. The summed E-state index contributed by atoms with van der Waals surface area (Å²) in [5.74, 6) is 0.261. The molecule has 1 N–H and O–H groups in total. The van der Waals surface area contributed by atoms with Gasteiger partial charge in [-0.25, -0.2) is 9.38 Å². The van der Waals surface area contributed by atoms with Crippen LogP contribution in [0.2, 0.25) is 0 Å². The molecule has 6 nitrogen and oxygen atoms in total. The van der Waals surface area contributed by atoms with Gasteiger partial charge in [-0.05, 0) is 49.1 Å². The lowest BCUT2D eigenvalue weighted by Crippen LogP contribution is -2.45. The highest BCUT2D eigenvalue weighted by molar-refractivity contribution is 8.14. The zero-order valence-corrected chi connectivity index (χ0v) is 19.0. The highest BCUT2D eigenvalue weighted by Crippen LogP contribution is 2.36. The zero-order chi connectivity index (χ0) is 22.8. The lowest BCUT2D eigenvalue weighted by atomic mass is 10.0. The van der Waals surface area contributed by atoms with E-state index in [1.54, 1.807) is 19.1 Å². The molecule has 0 fully saturated rings. The van der Waals surface area contributed by atoms with Crippen molar-refractivity contribution < 1.29 is 14.0 Å². The van der Waals surface area contributed by atoms with Crippen LogP contribution in [-0.4, -0.2) is 39.0 Å². The van der Waals surface area contributed by atoms with Crippen LogP contribution in [0.3, 0.4) is 0 Å². The molecule has 0 radical (unpaired) electrons. The van der Waals surface area contributed by atoms with Gasteiger partial charge in [-0.3, -0.25) is 14.5 Å². The van der Waals surface area contributed by atoms with Crippen LogP contribution >= 0.6 is 11.8 Å². The first kappa shape index (κ1) is 22.2. The van der Waals surface area contributed by atoms with E-state index in [9.17, 15) is 14.0 Å². The number of nitrogens with zero attached hydrogens (tertiary/aromatic N) is 3. The van der Waals surface area contributed by atoms with Gasteiger partial charge < -0.3 is 5.32 Å². The summed E-state index contributed by atoms with van der Waals surface area (Å²) in [5, 5.41) is 3.04. The molecule has 2 unspecified atom stereocenters. The molecule has 0 spiro atoms. The van der Waals surface area contributed by atoms with E-state index >= 15 is 0 Å². The Balaban J connectivity index is 1.53. The number of carbonyl (C=O) groups is 2. The summed E-state index contributed by atoms with van der Waals surface area (Å²) in [7, 11) is 0. The van der Waals surface area contributed by atoms with Crippen LogP contribution in [0.4, 0.5) is 10.1 Å². The molecule has 166 valence electrons. The van der Waals surface area contributed by atoms with E-state index in [-0.39, 0.29) is 17.6 Å². The minimum absolute atomic E-state index is 0.162. The topological polar surface area (TPSA) is 74.1 Å². The third-order valence-corrected chi connectivity index (χ3v) is 6.40. The number of benzene rings is 2. The molecular weight excluding hydrogens is 427 g/mol. The predicted octanol–water partition coefficient (Wildman–Crippen LogP) is 4.27. The molecule has 2 amide bonds. The predicted molar refractivity (Wildman–Crippen MR) is 125 cm³/mol. The normalized spacial score (nSPS) is 18.1. The van der Waals surface area contributed by atoms with Crippen molar-refractivity contribution in [2.75, 3.05) is 0 Å². The van der Waals surface area contributed by atoms with Gasteiger partial charge in [0.1, 0.15) is 17.7 Å². The number of thioether (sulfide) groups is 1. The Kier molecular flexibility index (Phi) is 6.41. The summed E-state index contributed by atoms with van der Waals surface area (Å²) >= 11 is 1.31. The molecule has 32 heavy (non-hydrogen) atoms. The molecule has 0 bridgehead atoms. The van der Waals surface area contributed by atoms with Crippen molar-refractivity contribution in [3.05, 3.63) is 65.5 Å². The highest BCUT2D eigenvalue weighted by atomic mass is 32.2. The Bertz CT molecular complexity index is 1100. The van der Waals surface area contributed by atoms with Gasteiger partial charge in [-0.2, -0.15) is 4.99 Å². The molecule has 2 aromatic carbocycles. The molecule has 2 atom stereocenters. The largest absolute Gasteiger partial charge is 0.351 e. The molecule has 0 aliphatic carbocycles. The third kappa shape index (κ3) is 4.60. The van der Waals surface area contributed by atoms with Gasteiger partial charge >= 0.3 is 0 Å². The number of hydrogen-bond donors (Lipinski definition) is 1. The summed E-state index contributed by atoms with van der Waals surface area (Å²) in [4.78, 5) is 36.5. The lowest BCUT2D eigenvalue weighted by Gasteiger charge is -2.32. The van der Waals surface area contributed by atoms with Gasteiger partial charge in [0.2, 0.25) is 5.91 Å². The smallest absolute Gasteiger partial charge is 0.270 e. The second-order valence-electron chi connectivity index (χ2n) is 8.30. The second-order valence-corrected chi connectivity index (χ2v) is 9.61. The number of hydrogen-bond acceptors (Lipinski definition) is 5. The fraction of sp³-hybridized carbons (Fsp3) is 0.333. The number of aliphatic imine (C=N–C) groups is 2. The molecule has 0 saturated heterocycles. The van der Waals surface area contributed by atoms with Gasteiger partial charge in [-0.15, -0.1) is 0 Å². The van der Waals surface area contributed by atoms with Crippen molar-refractivity contribution in [3.63, 3.8) is 0 Å². The van der Waals surface area contributed by atoms with Crippen molar-refractivity contribution in [2.45, 2.75) is 45.0 Å². The van der Waals surface area contributed by atoms with Gasteiger partial charge in [0, 0.05) is 12.1 Å². The summed E-state index contributed by atoms with van der Waals surface area (Å²) < 4.78 is 13.1. The Morgan fingerprint density at radius 2 is 1.84 bits per heavy atom. The van der Waals surface area contributed by atoms with Gasteiger partial charge in [0.15, 0.2) is 5.17 Å². The number of fused-ring (bicyclic) bond motifs is 3. The summed E-state index contributed by atoms with van der Waals surface area (Å²) in [6, 6.07) is 13.2. The Labute approximate surface area is 191 Å². The number of rotatable bonds is 6. The standard InChI is InChI=1S/C24H25FN4O2S/c1-14(2)12-20-23(31)28-21-18-6-4-5-7-19(18)27-24(29(20)21)32-15(3)22(30)26-13-16-8-10-17(25)11-9-16/h4-11,14-15,20H,12-13H2,1-3H3,(H,26,30). The summed E-state index contributed by atoms with van der Waals surface area (Å²) in [6.45, 7) is 6.25. The van der Waals surface area contributed by atoms with E-state index in [0.717, 1.165) is 16.8 Å². The highest BCUT2D eigenvalue weighted by Gasteiger charge is 2.42. The van der Waals surface area contributed by atoms with Crippen LogP contribution in [0.25, 0.3) is 0 Å². The molecule has 0 aromatic heterocycles. The molecule has 0 saturated carbocycles. The van der Waals surface area contributed by atoms with Crippen molar-refractivity contribution in [3.8, 4) is 0 Å². The minimum Gasteiger partial charge on any atom is -0.351 e. The first-order valence-electron chi connectivity index (χ1n) is 10.6. The summed E-state index contributed by atoms with van der Waals surface area (Å²) in [5.41, 5.74) is 2.38. The number of carbonyl (C=O) groups excluding carboxylic acids is 2. The Morgan fingerprint density at radius 3 is 2.56 bits per heavy atom. The van der Waals surface area contributed by atoms with E-state index in [2.05, 4.69) is 24.2 Å². The van der Waals surface area contributed by atoms with Crippen molar-refractivity contribution in [1.82, 2.24) is 10.2 Å². The minimum atomic E-state index is -0.448. The number of nitrogens with one attached hydrogen (secondary N) is 1. The van der Waals surface area contributed by atoms with Crippen LogP contribution in [-0.2, 0) is 16.1 Å². The lowest BCUT2D eigenvalue weighted by molar-refractivity contribution is -0.120. The average Bonchev–Trinajstić information content (AvgIpc) is 3.09. The van der Waals surface area contributed by atoms with Crippen LogP contribution in [0.15, 0.2) is 58.5 Å². The maximum Gasteiger partial charge on any atom is 0.270 e. The van der Waals surface area contributed by atoms with Crippen molar-refractivity contribution in [2.24, 2.45) is 15.9 Å². The monoisotopic (exact) mass is 452 g/mol. The molecule has 8 heteroatoms. The van der Waals surface area contributed by atoms with E-state index in [1.807, 2.05) is 29.2 Å². The fourth-order valence-corrected chi connectivity index (χ4v) is 4.69. The quantitative estimate of drug-likeness (QED) is 0.710. The molecule has 2 aliphatic heterocycles. The molecule has 4 rings (SSSR count). The zero-order valence-electron chi connectivity index (χ0n) is 18.2. The number of halogens is 1. The SMILES string of the molecule is CC(C)CC1C(=O)N=C2c3ccccc3N=C(SC(C)C(=O)NCc3ccc(F)cc3)N21. The average molecular weight is 453 g/mol. The van der Waals surface area contributed by atoms with Crippen LogP contribution in [0.1, 0.15) is 38.3 Å². The Morgan fingerprint density at radius 1 is 1.12 bits per heavy atom. The fourth-order valence-electron chi connectivity index (χ4n) is 3.70. The van der Waals surface area contributed by atoms with E-state index in [4.69, 9.17) is 4.99 Å². The number of para-hydroxylation sites is 1. The van der Waals surface area contributed by atoms with Crippen LogP contribution < -0.4 is 5.32 Å². The second kappa shape index (κ2) is 9.24. The van der Waals surface area contributed by atoms with E-state index in [1.165, 1.54) is 23.9 Å². The van der Waals surface area contributed by atoms with Crippen molar-refractivity contribution >= 4 is 40.3 Å².